The van der Waals surface area contributed by atoms with Crippen molar-refractivity contribution in [3.63, 3.8) is 0 Å². The molecule has 1 aromatic rings. The van der Waals surface area contributed by atoms with Crippen LogP contribution in [0.15, 0.2) is 17.0 Å². The Labute approximate surface area is 85.2 Å². The molecule has 0 aromatic heterocycles. The van der Waals surface area contributed by atoms with E-state index >= 15 is 0 Å². The van der Waals surface area contributed by atoms with Crippen LogP contribution in [0.1, 0.15) is 21.5 Å². The largest absolute Gasteiger partial charge is 0.478 e. The van der Waals surface area contributed by atoms with E-state index in [4.69, 9.17) is 5.11 Å². The van der Waals surface area contributed by atoms with Crippen molar-refractivity contribution in [1.82, 2.24) is 0 Å². The lowest BCUT2D eigenvalue weighted by molar-refractivity contribution is 0.0696. The Morgan fingerprint density at radius 2 is 1.93 bits per heavy atom. The first-order valence-electron chi connectivity index (χ1n) is 4.12. The van der Waals surface area contributed by atoms with Crippen LogP contribution in [0.4, 0.5) is 0 Å². The molecule has 0 spiro atoms. The lowest BCUT2D eigenvalue weighted by atomic mass is 10.1. The van der Waals surface area contributed by atoms with Gasteiger partial charge in [0.25, 0.3) is 0 Å². The third-order valence-corrected chi connectivity index (χ3v) is 3.32. The molecule has 0 heterocycles. The Kier molecular flexibility index (Phi) is 3.06. The maximum absolute atomic E-state index is 11.4. The summed E-state index contributed by atoms with van der Waals surface area (Å²) in [5.41, 5.74) is 1.69. The molecule has 4 heteroatoms. The Bertz CT molecular complexity index is 410. The van der Waals surface area contributed by atoms with Crippen molar-refractivity contribution in [2.75, 3.05) is 6.26 Å². The second-order valence-electron chi connectivity index (χ2n) is 3.14. The molecule has 0 amide bonds. The zero-order valence-electron chi connectivity index (χ0n) is 8.33. The molecule has 0 aliphatic rings. The summed E-state index contributed by atoms with van der Waals surface area (Å²) < 4.78 is 11.4. The molecule has 0 fully saturated rings. The van der Waals surface area contributed by atoms with Gasteiger partial charge in [-0.1, -0.05) is 6.07 Å². The average Bonchev–Trinajstić information content (AvgIpc) is 2.02. The van der Waals surface area contributed by atoms with E-state index in [-0.39, 0.29) is 5.56 Å². The van der Waals surface area contributed by atoms with Gasteiger partial charge in [0.05, 0.1) is 16.4 Å². The number of carboxylic acids is 1. The van der Waals surface area contributed by atoms with E-state index in [1.54, 1.807) is 25.3 Å². The number of carboxylic acid groups (broad SMARTS) is 1. The van der Waals surface area contributed by atoms with Crippen molar-refractivity contribution in [3.8, 4) is 0 Å². The van der Waals surface area contributed by atoms with Gasteiger partial charge in [0, 0.05) is 11.2 Å². The van der Waals surface area contributed by atoms with E-state index in [0.717, 1.165) is 5.56 Å². The van der Waals surface area contributed by atoms with Crippen molar-refractivity contribution in [1.29, 1.82) is 0 Å². The van der Waals surface area contributed by atoms with Gasteiger partial charge in [-0.3, -0.25) is 4.21 Å². The molecule has 0 aliphatic heterocycles. The van der Waals surface area contributed by atoms with Crippen LogP contribution in [-0.2, 0) is 10.8 Å². The van der Waals surface area contributed by atoms with Crippen LogP contribution >= 0.6 is 0 Å². The first-order chi connectivity index (χ1) is 6.45. The molecule has 0 bridgehead atoms. The molecule has 0 saturated carbocycles. The summed E-state index contributed by atoms with van der Waals surface area (Å²) in [5, 5.41) is 8.86. The molecule has 0 unspecified atom stereocenters. The van der Waals surface area contributed by atoms with Crippen LogP contribution in [0.2, 0.25) is 0 Å². The smallest absolute Gasteiger partial charge is 0.335 e. The normalized spacial score (nSPS) is 12.5. The number of aromatic carboxylic acids is 1. The Morgan fingerprint density at radius 3 is 2.36 bits per heavy atom. The number of hydrogen-bond acceptors (Lipinski definition) is 2. The van der Waals surface area contributed by atoms with Crippen molar-refractivity contribution >= 4 is 16.8 Å². The van der Waals surface area contributed by atoms with Gasteiger partial charge in [0.1, 0.15) is 0 Å². The number of benzene rings is 1. The van der Waals surface area contributed by atoms with Crippen molar-refractivity contribution in [2.24, 2.45) is 0 Å². The molecule has 0 radical (unpaired) electrons. The molecule has 76 valence electrons. The van der Waals surface area contributed by atoms with Crippen LogP contribution in [-0.4, -0.2) is 21.5 Å². The fourth-order valence-corrected chi connectivity index (χ4v) is 2.56. The highest BCUT2D eigenvalue weighted by atomic mass is 32.2. The van der Waals surface area contributed by atoms with Crippen molar-refractivity contribution in [2.45, 2.75) is 18.7 Å². The predicted molar refractivity (Wildman–Crippen MR) is 55.2 cm³/mol. The van der Waals surface area contributed by atoms with E-state index < -0.39 is 16.8 Å². The summed E-state index contributed by atoms with van der Waals surface area (Å²) in [5.74, 6) is -0.978. The van der Waals surface area contributed by atoms with Gasteiger partial charge in [-0.25, -0.2) is 4.79 Å². The number of carbonyl (C=O) groups is 1. The minimum atomic E-state index is -1.14. The Morgan fingerprint density at radius 1 is 1.36 bits per heavy atom. The standard InChI is InChI=1S/C10H12O3S/c1-6-4-5-8(10(11)12)7(2)9(6)14(3)13/h4-5H,1-3H3,(H,11,12)/t14-/m0/s1. The molecular weight excluding hydrogens is 200 g/mol. The van der Waals surface area contributed by atoms with E-state index in [9.17, 15) is 9.00 Å². The zero-order chi connectivity index (χ0) is 10.9. The Balaban J connectivity index is 3.49. The number of hydrogen-bond donors (Lipinski definition) is 1. The highest BCUT2D eigenvalue weighted by Gasteiger charge is 2.14. The zero-order valence-corrected chi connectivity index (χ0v) is 9.14. The van der Waals surface area contributed by atoms with Crippen LogP contribution in [0.3, 0.4) is 0 Å². The lowest BCUT2D eigenvalue weighted by Gasteiger charge is -2.09. The monoisotopic (exact) mass is 212 g/mol. The average molecular weight is 212 g/mol. The quantitative estimate of drug-likeness (QED) is 0.812. The fraction of sp³-hybridized carbons (Fsp3) is 0.300. The minimum absolute atomic E-state index is 0.223. The minimum Gasteiger partial charge on any atom is -0.478 e. The summed E-state index contributed by atoms with van der Waals surface area (Å²) in [7, 11) is -1.14. The molecule has 0 saturated heterocycles. The molecule has 1 atom stereocenters. The summed E-state index contributed by atoms with van der Waals surface area (Å²) in [6.45, 7) is 3.52. The van der Waals surface area contributed by atoms with Gasteiger partial charge >= 0.3 is 5.97 Å². The van der Waals surface area contributed by atoms with Crippen LogP contribution in [0.5, 0.6) is 0 Å². The van der Waals surface area contributed by atoms with Gasteiger partial charge in [0.2, 0.25) is 0 Å². The fourth-order valence-electron chi connectivity index (χ4n) is 1.50. The summed E-state index contributed by atoms with van der Waals surface area (Å²) >= 11 is 0. The summed E-state index contributed by atoms with van der Waals surface area (Å²) in [4.78, 5) is 11.4. The predicted octanol–water partition coefficient (Wildman–Crippen LogP) is 1.74. The maximum Gasteiger partial charge on any atom is 0.335 e. The molecule has 1 rings (SSSR count). The van der Waals surface area contributed by atoms with E-state index in [1.165, 1.54) is 0 Å². The van der Waals surface area contributed by atoms with Gasteiger partial charge < -0.3 is 5.11 Å². The highest BCUT2D eigenvalue weighted by Crippen LogP contribution is 2.21. The van der Waals surface area contributed by atoms with E-state index in [1.807, 2.05) is 6.92 Å². The third-order valence-electron chi connectivity index (χ3n) is 2.12. The first kappa shape index (κ1) is 10.9. The highest BCUT2D eigenvalue weighted by molar-refractivity contribution is 7.84. The van der Waals surface area contributed by atoms with Crippen LogP contribution in [0.25, 0.3) is 0 Å². The second kappa shape index (κ2) is 3.92. The van der Waals surface area contributed by atoms with Crippen molar-refractivity contribution < 1.29 is 14.1 Å². The van der Waals surface area contributed by atoms with Gasteiger partial charge in [-0.05, 0) is 31.0 Å². The lowest BCUT2D eigenvalue weighted by Crippen LogP contribution is -2.05. The number of rotatable bonds is 2. The summed E-state index contributed by atoms with van der Waals surface area (Å²) in [6.07, 6.45) is 1.56. The number of aryl methyl sites for hydroxylation is 1. The topological polar surface area (TPSA) is 54.4 Å². The Hall–Kier alpha value is -1.16. The van der Waals surface area contributed by atoms with Gasteiger partial charge in [-0.2, -0.15) is 0 Å². The van der Waals surface area contributed by atoms with Crippen LogP contribution in [0, 0.1) is 13.8 Å². The second-order valence-corrected chi connectivity index (χ2v) is 4.46. The maximum atomic E-state index is 11.4. The molecule has 3 nitrogen and oxygen atoms in total. The first-order valence-corrected chi connectivity index (χ1v) is 5.68. The summed E-state index contributed by atoms with van der Waals surface area (Å²) in [6, 6.07) is 3.23. The van der Waals surface area contributed by atoms with E-state index in [0.29, 0.717) is 10.5 Å². The van der Waals surface area contributed by atoms with Crippen molar-refractivity contribution in [3.05, 3.63) is 28.8 Å². The molecular formula is C10H12O3S. The van der Waals surface area contributed by atoms with Crippen LogP contribution < -0.4 is 0 Å². The SMILES string of the molecule is Cc1ccc(C(=O)O)c(C)c1[S@](C)=O. The molecule has 14 heavy (non-hydrogen) atoms. The molecule has 0 aliphatic carbocycles. The van der Waals surface area contributed by atoms with Gasteiger partial charge in [0.15, 0.2) is 0 Å². The molecule has 1 N–H and O–H groups in total. The molecule has 1 aromatic carbocycles. The van der Waals surface area contributed by atoms with Gasteiger partial charge in [-0.15, -0.1) is 0 Å². The third kappa shape index (κ3) is 1.85. The van der Waals surface area contributed by atoms with E-state index in [2.05, 4.69) is 0 Å².